The number of amides is 1. The van der Waals surface area contributed by atoms with E-state index >= 15 is 0 Å². The normalized spacial score (nSPS) is 17.7. The highest BCUT2D eigenvalue weighted by Gasteiger charge is 2.31. The number of aromatic nitrogens is 1. The predicted octanol–water partition coefficient (Wildman–Crippen LogP) is 2.72. The van der Waals surface area contributed by atoms with Crippen LogP contribution in [0.25, 0.3) is 0 Å². The average Bonchev–Trinajstić information content (AvgIpc) is 2.96. The highest BCUT2D eigenvalue weighted by atomic mass is 32.1. The number of hydrogen-bond acceptors (Lipinski definition) is 5. The Hall–Kier alpha value is -1.24. The standard InChI is InChI=1S/C14H16N2O2S2/c1-14(18,10-4-5-19-6-10)7-15-13(17)12-11(9-2-3-9)16-8-20-12/h4-6,8-9,18H,2-3,7H2,1H3,(H,15,17). The number of hydrogen-bond donors (Lipinski definition) is 2. The summed E-state index contributed by atoms with van der Waals surface area (Å²) in [5, 5.41) is 17.0. The number of thiazole rings is 1. The van der Waals surface area contributed by atoms with Gasteiger partial charge in [-0.2, -0.15) is 11.3 Å². The fourth-order valence-corrected chi connectivity index (χ4v) is 3.65. The second-order valence-electron chi connectivity index (χ2n) is 5.31. The lowest BCUT2D eigenvalue weighted by molar-refractivity contribution is 0.0531. The van der Waals surface area contributed by atoms with Gasteiger partial charge in [0, 0.05) is 5.92 Å². The zero-order valence-electron chi connectivity index (χ0n) is 11.1. The number of thiophene rings is 1. The van der Waals surface area contributed by atoms with Gasteiger partial charge < -0.3 is 10.4 Å². The van der Waals surface area contributed by atoms with Gasteiger partial charge in [0.25, 0.3) is 5.91 Å². The van der Waals surface area contributed by atoms with Crippen LogP contribution in [-0.4, -0.2) is 22.5 Å². The Morgan fingerprint density at radius 1 is 1.60 bits per heavy atom. The predicted molar refractivity (Wildman–Crippen MR) is 80.3 cm³/mol. The molecule has 0 radical (unpaired) electrons. The first kappa shape index (κ1) is 13.7. The molecule has 1 fully saturated rings. The van der Waals surface area contributed by atoms with E-state index in [-0.39, 0.29) is 12.5 Å². The van der Waals surface area contributed by atoms with Crippen LogP contribution in [0.4, 0.5) is 0 Å². The molecule has 3 rings (SSSR count). The molecule has 0 aromatic carbocycles. The summed E-state index contributed by atoms with van der Waals surface area (Å²) in [6, 6.07) is 1.87. The monoisotopic (exact) mass is 308 g/mol. The van der Waals surface area contributed by atoms with Gasteiger partial charge in [0.2, 0.25) is 0 Å². The summed E-state index contributed by atoms with van der Waals surface area (Å²) in [5.41, 5.74) is 2.43. The Labute approximate surface area is 125 Å². The molecule has 1 amide bonds. The lowest BCUT2D eigenvalue weighted by Crippen LogP contribution is -2.38. The van der Waals surface area contributed by atoms with E-state index in [2.05, 4.69) is 10.3 Å². The van der Waals surface area contributed by atoms with Crippen LogP contribution in [0, 0.1) is 0 Å². The molecular formula is C14H16N2O2S2. The number of nitrogens with zero attached hydrogens (tertiary/aromatic N) is 1. The fourth-order valence-electron chi connectivity index (χ4n) is 2.08. The summed E-state index contributed by atoms with van der Waals surface area (Å²) in [7, 11) is 0. The van der Waals surface area contributed by atoms with Crippen molar-refractivity contribution >= 4 is 28.6 Å². The maximum absolute atomic E-state index is 12.2. The smallest absolute Gasteiger partial charge is 0.263 e. The van der Waals surface area contributed by atoms with E-state index < -0.39 is 5.60 Å². The Bertz CT molecular complexity index is 600. The van der Waals surface area contributed by atoms with Crippen molar-refractivity contribution in [3.63, 3.8) is 0 Å². The van der Waals surface area contributed by atoms with E-state index in [4.69, 9.17) is 0 Å². The third kappa shape index (κ3) is 2.77. The summed E-state index contributed by atoms with van der Waals surface area (Å²) in [6.07, 6.45) is 2.24. The van der Waals surface area contributed by atoms with Gasteiger partial charge in [-0.1, -0.05) is 0 Å². The molecule has 0 spiro atoms. The molecular weight excluding hydrogens is 292 g/mol. The van der Waals surface area contributed by atoms with Gasteiger partial charge in [-0.25, -0.2) is 4.98 Å². The van der Waals surface area contributed by atoms with Crippen LogP contribution >= 0.6 is 22.7 Å². The Morgan fingerprint density at radius 3 is 3.05 bits per heavy atom. The van der Waals surface area contributed by atoms with Crippen molar-refractivity contribution in [1.29, 1.82) is 0 Å². The number of rotatable bonds is 5. The molecule has 1 atom stereocenters. The molecule has 4 nitrogen and oxygen atoms in total. The van der Waals surface area contributed by atoms with E-state index in [0.717, 1.165) is 24.1 Å². The molecule has 0 bridgehead atoms. The van der Waals surface area contributed by atoms with Gasteiger partial charge >= 0.3 is 0 Å². The van der Waals surface area contributed by atoms with Gasteiger partial charge in [0.05, 0.1) is 17.7 Å². The van der Waals surface area contributed by atoms with Crippen LogP contribution in [0.3, 0.4) is 0 Å². The fraction of sp³-hybridized carbons (Fsp3) is 0.429. The summed E-state index contributed by atoms with van der Waals surface area (Å²) in [6.45, 7) is 1.91. The molecule has 2 aromatic rings. The Kier molecular flexibility index (Phi) is 3.62. The van der Waals surface area contributed by atoms with E-state index in [1.54, 1.807) is 12.4 Å². The van der Waals surface area contributed by atoms with E-state index in [9.17, 15) is 9.90 Å². The number of carbonyl (C=O) groups is 1. The van der Waals surface area contributed by atoms with Gasteiger partial charge in [0.1, 0.15) is 10.5 Å². The van der Waals surface area contributed by atoms with Crippen LogP contribution in [0.15, 0.2) is 22.3 Å². The molecule has 2 aromatic heterocycles. The summed E-state index contributed by atoms with van der Waals surface area (Å²) >= 11 is 2.90. The summed E-state index contributed by atoms with van der Waals surface area (Å²) in [4.78, 5) is 17.2. The minimum atomic E-state index is -1.04. The maximum Gasteiger partial charge on any atom is 0.263 e. The SMILES string of the molecule is CC(O)(CNC(=O)c1scnc1C1CC1)c1ccsc1. The van der Waals surface area contributed by atoms with E-state index in [0.29, 0.717) is 10.8 Å². The third-order valence-electron chi connectivity index (χ3n) is 3.50. The zero-order chi connectivity index (χ0) is 14.2. The molecule has 2 heterocycles. The quantitative estimate of drug-likeness (QED) is 0.893. The molecule has 1 unspecified atom stereocenters. The van der Waals surface area contributed by atoms with Crippen LogP contribution in [0.5, 0.6) is 0 Å². The number of carbonyl (C=O) groups excluding carboxylic acids is 1. The first-order valence-electron chi connectivity index (χ1n) is 6.54. The maximum atomic E-state index is 12.2. The molecule has 1 aliphatic rings. The number of aliphatic hydroxyl groups is 1. The van der Waals surface area contributed by atoms with Gasteiger partial charge in [-0.15, -0.1) is 11.3 Å². The zero-order valence-corrected chi connectivity index (χ0v) is 12.8. The van der Waals surface area contributed by atoms with Gasteiger partial charge in [-0.05, 0) is 42.2 Å². The van der Waals surface area contributed by atoms with Crippen molar-refractivity contribution in [3.8, 4) is 0 Å². The molecule has 0 aliphatic heterocycles. The summed E-state index contributed by atoms with van der Waals surface area (Å²) < 4.78 is 0. The van der Waals surface area contributed by atoms with Gasteiger partial charge in [-0.3, -0.25) is 4.79 Å². The molecule has 1 saturated carbocycles. The van der Waals surface area contributed by atoms with Crippen LogP contribution < -0.4 is 5.32 Å². The lowest BCUT2D eigenvalue weighted by Gasteiger charge is -2.22. The average molecular weight is 308 g/mol. The topological polar surface area (TPSA) is 62.2 Å². The summed E-state index contributed by atoms with van der Waals surface area (Å²) in [5.74, 6) is 0.323. The first-order valence-corrected chi connectivity index (χ1v) is 8.37. The minimum absolute atomic E-state index is 0.134. The van der Waals surface area contributed by atoms with Crippen molar-refractivity contribution in [2.45, 2.75) is 31.3 Å². The second-order valence-corrected chi connectivity index (χ2v) is 6.94. The van der Waals surface area contributed by atoms with Crippen molar-refractivity contribution in [2.24, 2.45) is 0 Å². The highest BCUT2D eigenvalue weighted by molar-refractivity contribution is 7.11. The first-order chi connectivity index (χ1) is 9.58. The van der Waals surface area contributed by atoms with E-state index in [1.165, 1.54) is 22.7 Å². The molecule has 0 saturated heterocycles. The van der Waals surface area contributed by atoms with Crippen LogP contribution in [0.2, 0.25) is 0 Å². The molecule has 106 valence electrons. The van der Waals surface area contributed by atoms with E-state index in [1.807, 2.05) is 16.8 Å². The van der Waals surface area contributed by atoms with Crippen molar-refractivity contribution in [2.75, 3.05) is 6.54 Å². The number of nitrogens with one attached hydrogen (secondary N) is 1. The molecule has 20 heavy (non-hydrogen) atoms. The minimum Gasteiger partial charge on any atom is -0.384 e. The highest BCUT2D eigenvalue weighted by Crippen LogP contribution is 2.41. The van der Waals surface area contributed by atoms with Crippen molar-refractivity contribution in [3.05, 3.63) is 38.5 Å². The van der Waals surface area contributed by atoms with Crippen LogP contribution in [-0.2, 0) is 5.60 Å². The molecule has 6 heteroatoms. The largest absolute Gasteiger partial charge is 0.384 e. The molecule has 1 aliphatic carbocycles. The Balaban J connectivity index is 1.66. The van der Waals surface area contributed by atoms with Gasteiger partial charge in [0.15, 0.2) is 0 Å². The van der Waals surface area contributed by atoms with Crippen molar-refractivity contribution < 1.29 is 9.90 Å². The van der Waals surface area contributed by atoms with Crippen LogP contribution in [0.1, 0.15) is 46.6 Å². The third-order valence-corrected chi connectivity index (χ3v) is 5.03. The molecule has 2 N–H and O–H groups in total. The Morgan fingerprint density at radius 2 is 2.40 bits per heavy atom. The second kappa shape index (κ2) is 5.27. The van der Waals surface area contributed by atoms with Crippen molar-refractivity contribution in [1.82, 2.24) is 10.3 Å². The lowest BCUT2D eigenvalue weighted by atomic mass is 9.99.